The Morgan fingerprint density at radius 2 is 1.90 bits per heavy atom. The molecule has 1 amide bonds. The molecular formula is C15H20ClFN2O. The summed E-state index contributed by atoms with van der Waals surface area (Å²) in [6.07, 6.45) is 5.11. The summed E-state index contributed by atoms with van der Waals surface area (Å²) in [4.78, 5) is 12.0. The van der Waals surface area contributed by atoms with Crippen molar-refractivity contribution in [2.45, 2.75) is 44.2 Å². The Bertz CT molecular complexity index is 471. The van der Waals surface area contributed by atoms with Crippen molar-refractivity contribution in [1.82, 2.24) is 5.32 Å². The molecule has 1 aromatic carbocycles. The molecule has 5 heteroatoms. The third kappa shape index (κ3) is 3.49. The van der Waals surface area contributed by atoms with Crippen molar-refractivity contribution in [3.63, 3.8) is 0 Å². The van der Waals surface area contributed by atoms with E-state index in [2.05, 4.69) is 10.6 Å². The van der Waals surface area contributed by atoms with Crippen molar-refractivity contribution in [2.24, 2.45) is 5.92 Å². The number of halogens is 2. The van der Waals surface area contributed by atoms with Crippen molar-refractivity contribution in [2.75, 3.05) is 5.32 Å². The van der Waals surface area contributed by atoms with Gasteiger partial charge in [-0.15, -0.1) is 12.4 Å². The number of carbonyl (C=O) groups is 1. The zero-order chi connectivity index (χ0) is 13.2. The van der Waals surface area contributed by atoms with E-state index in [1.54, 1.807) is 18.2 Å². The number of amides is 1. The van der Waals surface area contributed by atoms with Crippen molar-refractivity contribution in [3.05, 3.63) is 30.1 Å². The van der Waals surface area contributed by atoms with Crippen LogP contribution in [-0.4, -0.2) is 18.0 Å². The molecule has 2 N–H and O–H groups in total. The Labute approximate surface area is 124 Å². The van der Waals surface area contributed by atoms with E-state index < -0.39 is 0 Å². The number of rotatable bonds is 3. The van der Waals surface area contributed by atoms with E-state index in [0.717, 1.165) is 12.8 Å². The Kier molecular flexibility index (Phi) is 5.00. The van der Waals surface area contributed by atoms with Gasteiger partial charge in [0.1, 0.15) is 5.82 Å². The number of benzene rings is 1. The van der Waals surface area contributed by atoms with Gasteiger partial charge in [0.2, 0.25) is 5.91 Å². The second kappa shape index (κ2) is 6.55. The average molecular weight is 299 g/mol. The van der Waals surface area contributed by atoms with Gasteiger partial charge in [-0.05, 0) is 43.7 Å². The SMILES string of the molecule is Cl.O=C(CC1CC2CCC(C1)N2)Nc1ccccc1F. The lowest BCUT2D eigenvalue weighted by Gasteiger charge is -2.28. The molecule has 3 nitrogen and oxygen atoms in total. The highest BCUT2D eigenvalue weighted by molar-refractivity contribution is 5.90. The van der Waals surface area contributed by atoms with Gasteiger partial charge in [-0.1, -0.05) is 12.1 Å². The first-order chi connectivity index (χ1) is 9.20. The highest BCUT2D eigenvalue weighted by Crippen LogP contribution is 2.32. The van der Waals surface area contributed by atoms with Crippen LogP contribution in [0.15, 0.2) is 24.3 Å². The van der Waals surface area contributed by atoms with E-state index in [4.69, 9.17) is 0 Å². The van der Waals surface area contributed by atoms with Crippen LogP contribution in [0.1, 0.15) is 32.1 Å². The number of fused-ring (bicyclic) bond motifs is 2. The summed E-state index contributed by atoms with van der Waals surface area (Å²) in [7, 11) is 0. The molecule has 2 heterocycles. The summed E-state index contributed by atoms with van der Waals surface area (Å²) < 4.78 is 13.4. The molecule has 0 aliphatic carbocycles. The number of hydrogen-bond donors (Lipinski definition) is 2. The number of piperidine rings is 1. The highest BCUT2D eigenvalue weighted by atomic mass is 35.5. The fourth-order valence-corrected chi connectivity index (χ4v) is 3.37. The smallest absolute Gasteiger partial charge is 0.224 e. The molecule has 0 spiro atoms. The van der Waals surface area contributed by atoms with Crippen LogP contribution in [-0.2, 0) is 4.79 Å². The summed E-state index contributed by atoms with van der Waals surface area (Å²) >= 11 is 0. The maximum Gasteiger partial charge on any atom is 0.224 e. The molecule has 2 saturated heterocycles. The van der Waals surface area contributed by atoms with Crippen molar-refractivity contribution >= 4 is 24.0 Å². The standard InChI is InChI=1S/C15H19FN2O.ClH/c16-13-3-1-2-4-14(13)18-15(19)9-10-7-11-5-6-12(8-10)17-11;/h1-4,10-12,17H,5-9H2,(H,18,19);1H. The van der Waals surface area contributed by atoms with E-state index in [-0.39, 0.29) is 29.8 Å². The second-order valence-electron chi connectivity index (χ2n) is 5.71. The maximum absolute atomic E-state index is 13.4. The van der Waals surface area contributed by atoms with Gasteiger partial charge in [0.05, 0.1) is 5.69 Å². The molecule has 0 saturated carbocycles. The van der Waals surface area contributed by atoms with Crippen LogP contribution in [0.2, 0.25) is 0 Å². The van der Waals surface area contributed by atoms with E-state index >= 15 is 0 Å². The number of hydrogen-bond acceptors (Lipinski definition) is 2. The van der Waals surface area contributed by atoms with Crippen LogP contribution in [0.5, 0.6) is 0 Å². The van der Waals surface area contributed by atoms with Gasteiger partial charge in [0, 0.05) is 18.5 Å². The average Bonchev–Trinajstić information content (AvgIpc) is 2.72. The predicted octanol–water partition coefficient (Wildman–Crippen LogP) is 3.11. The zero-order valence-electron chi connectivity index (χ0n) is 11.3. The topological polar surface area (TPSA) is 41.1 Å². The normalized spacial score (nSPS) is 27.8. The Balaban J connectivity index is 0.00000147. The monoisotopic (exact) mass is 298 g/mol. The van der Waals surface area contributed by atoms with Gasteiger partial charge in [0.25, 0.3) is 0 Å². The van der Waals surface area contributed by atoms with Crippen LogP contribution in [0.3, 0.4) is 0 Å². The quantitative estimate of drug-likeness (QED) is 0.900. The lowest BCUT2D eigenvalue weighted by Crippen LogP contribution is -2.39. The molecule has 2 bridgehead atoms. The fraction of sp³-hybridized carbons (Fsp3) is 0.533. The molecule has 0 aromatic heterocycles. The van der Waals surface area contributed by atoms with Gasteiger partial charge in [-0.2, -0.15) is 0 Å². The second-order valence-corrected chi connectivity index (χ2v) is 5.71. The molecule has 20 heavy (non-hydrogen) atoms. The molecule has 2 aliphatic heterocycles. The molecule has 1 aromatic rings. The molecule has 110 valence electrons. The minimum Gasteiger partial charge on any atom is -0.324 e. The summed E-state index contributed by atoms with van der Waals surface area (Å²) in [6, 6.07) is 7.48. The molecule has 2 unspecified atom stereocenters. The first-order valence-electron chi connectivity index (χ1n) is 7.01. The molecule has 2 aliphatic rings. The highest BCUT2D eigenvalue weighted by Gasteiger charge is 2.34. The van der Waals surface area contributed by atoms with Crippen LogP contribution >= 0.6 is 12.4 Å². The van der Waals surface area contributed by atoms with Crippen molar-refractivity contribution < 1.29 is 9.18 Å². The molecule has 0 radical (unpaired) electrons. The van der Waals surface area contributed by atoms with Gasteiger partial charge in [0.15, 0.2) is 0 Å². The van der Waals surface area contributed by atoms with Crippen molar-refractivity contribution in [3.8, 4) is 0 Å². The molecular weight excluding hydrogens is 279 g/mol. The third-order valence-electron chi connectivity index (χ3n) is 4.19. The van der Waals surface area contributed by atoms with Crippen LogP contribution in [0, 0.1) is 11.7 Å². The Morgan fingerprint density at radius 1 is 1.25 bits per heavy atom. The van der Waals surface area contributed by atoms with Gasteiger partial charge in [-0.25, -0.2) is 4.39 Å². The summed E-state index contributed by atoms with van der Waals surface area (Å²) in [6.45, 7) is 0. The van der Waals surface area contributed by atoms with Crippen molar-refractivity contribution in [1.29, 1.82) is 0 Å². The summed E-state index contributed by atoms with van der Waals surface area (Å²) in [5.41, 5.74) is 0.282. The first kappa shape index (κ1) is 15.3. The van der Waals surface area contributed by atoms with Crippen LogP contribution in [0.4, 0.5) is 10.1 Å². The Hall–Kier alpha value is -1.13. The number of nitrogens with one attached hydrogen (secondary N) is 2. The third-order valence-corrected chi connectivity index (χ3v) is 4.19. The van der Waals surface area contributed by atoms with E-state index in [9.17, 15) is 9.18 Å². The van der Waals surface area contributed by atoms with Gasteiger partial charge in [-0.3, -0.25) is 4.79 Å². The predicted molar refractivity (Wildman–Crippen MR) is 79.6 cm³/mol. The number of para-hydroxylation sites is 1. The first-order valence-corrected chi connectivity index (χ1v) is 7.01. The largest absolute Gasteiger partial charge is 0.324 e. The maximum atomic E-state index is 13.4. The van der Waals surface area contributed by atoms with Gasteiger partial charge < -0.3 is 10.6 Å². The zero-order valence-corrected chi connectivity index (χ0v) is 12.1. The molecule has 2 fully saturated rings. The van der Waals surface area contributed by atoms with Crippen LogP contribution in [0.25, 0.3) is 0 Å². The minimum absolute atomic E-state index is 0. The van der Waals surface area contributed by atoms with Gasteiger partial charge >= 0.3 is 0 Å². The van der Waals surface area contributed by atoms with E-state index in [1.807, 2.05) is 0 Å². The fourth-order valence-electron chi connectivity index (χ4n) is 3.37. The minimum atomic E-state index is -0.374. The van der Waals surface area contributed by atoms with E-state index in [0.29, 0.717) is 24.4 Å². The van der Waals surface area contributed by atoms with Crippen LogP contribution < -0.4 is 10.6 Å². The van der Waals surface area contributed by atoms with E-state index in [1.165, 1.54) is 18.9 Å². The molecule has 2 atom stereocenters. The Morgan fingerprint density at radius 3 is 2.55 bits per heavy atom. The summed E-state index contributed by atoms with van der Waals surface area (Å²) in [5.74, 6) is -0.0110. The lowest BCUT2D eigenvalue weighted by atomic mass is 9.89. The number of anilines is 1. The summed E-state index contributed by atoms with van der Waals surface area (Å²) in [5, 5.41) is 6.23. The lowest BCUT2D eigenvalue weighted by molar-refractivity contribution is -0.117. The number of carbonyl (C=O) groups excluding carboxylic acids is 1. The molecule has 3 rings (SSSR count).